The van der Waals surface area contributed by atoms with E-state index in [0.717, 1.165) is 5.56 Å². The zero-order chi connectivity index (χ0) is 12.3. The average molecular weight is 230 g/mol. The molecule has 0 saturated heterocycles. The maximum absolute atomic E-state index is 13.4. The monoisotopic (exact) mass is 230 g/mol. The van der Waals surface area contributed by atoms with Crippen molar-refractivity contribution in [3.05, 3.63) is 59.4 Å². The van der Waals surface area contributed by atoms with Crippen LogP contribution in [0.15, 0.2) is 42.5 Å². The summed E-state index contributed by atoms with van der Waals surface area (Å²) in [5, 5.41) is 0. The molecule has 0 saturated carbocycles. The van der Waals surface area contributed by atoms with Gasteiger partial charge in [0.25, 0.3) is 0 Å². The molecule has 0 aliphatic rings. The topological polar surface area (TPSA) is 26.3 Å². The number of benzene rings is 2. The van der Waals surface area contributed by atoms with Crippen molar-refractivity contribution in [3.63, 3.8) is 0 Å². The summed E-state index contributed by atoms with van der Waals surface area (Å²) in [6.45, 7) is 1.87. The molecule has 0 spiro atoms. The molecule has 0 radical (unpaired) electrons. The van der Waals surface area contributed by atoms with Crippen molar-refractivity contribution in [2.75, 3.05) is 0 Å². The van der Waals surface area contributed by atoms with Crippen LogP contribution < -0.4 is 4.74 Å². The van der Waals surface area contributed by atoms with Crippen LogP contribution in [0.4, 0.5) is 4.39 Å². The van der Waals surface area contributed by atoms with Crippen LogP contribution in [0.5, 0.6) is 11.5 Å². The summed E-state index contributed by atoms with van der Waals surface area (Å²) in [5.41, 5.74) is 1.36. The molecule has 0 atom stereocenters. The molecule has 2 nitrogen and oxygen atoms in total. The molecule has 0 amide bonds. The van der Waals surface area contributed by atoms with Gasteiger partial charge in [-0.15, -0.1) is 0 Å². The zero-order valence-corrected chi connectivity index (χ0v) is 9.31. The number of hydrogen-bond acceptors (Lipinski definition) is 2. The molecule has 0 aliphatic heterocycles. The first-order valence-corrected chi connectivity index (χ1v) is 5.19. The summed E-state index contributed by atoms with van der Waals surface area (Å²) in [4.78, 5) is 10.9. The van der Waals surface area contributed by atoms with Crippen LogP contribution in [0.25, 0.3) is 0 Å². The van der Waals surface area contributed by atoms with E-state index in [1.807, 2.05) is 13.0 Å². The third-order valence-corrected chi connectivity index (χ3v) is 2.35. The van der Waals surface area contributed by atoms with E-state index in [0.29, 0.717) is 17.6 Å². The standard InChI is InChI=1S/C14H11FO2/c1-10-6-7-13(11(8-10)9-16)17-14-5-3-2-4-12(14)15/h2-9H,1H3. The number of carbonyl (C=O) groups is 1. The summed E-state index contributed by atoms with van der Waals surface area (Å²) in [6.07, 6.45) is 0.698. The molecule has 0 aromatic heterocycles. The largest absolute Gasteiger partial charge is 0.454 e. The van der Waals surface area contributed by atoms with Gasteiger partial charge in [-0.1, -0.05) is 23.8 Å². The van der Waals surface area contributed by atoms with Gasteiger partial charge in [-0.2, -0.15) is 0 Å². The lowest BCUT2D eigenvalue weighted by Crippen LogP contribution is -1.93. The van der Waals surface area contributed by atoms with E-state index in [1.165, 1.54) is 12.1 Å². The number of aldehydes is 1. The quantitative estimate of drug-likeness (QED) is 0.751. The Morgan fingerprint density at radius 1 is 1.12 bits per heavy atom. The molecule has 0 heterocycles. The van der Waals surface area contributed by atoms with Crippen molar-refractivity contribution in [2.45, 2.75) is 6.92 Å². The third kappa shape index (κ3) is 2.50. The number of hydrogen-bond donors (Lipinski definition) is 0. The van der Waals surface area contributed by atoms with Crippen molar-refractivity contribution in [3.8, 4) is 11.5 Å². The zero-order valence-electron chi connectivity index (χ0n) is 9.31. The van der Waals surface area contributed by atoms with Crippen LogP contribution in [0.1, 0.15) is 15.9 Å². The molecule has 0 N–H and O–H groups in total. The van der Waals surface area contributed by atoms with E-state index >= 15 is 0 Å². The lowest BCUT2D eigenvalue weighted by atomic mass is 10.1. The molecule has 0 aliphatic carbocycles. The van der Waals surface area contributed by atoms with Crippen LogP contribution in [0, 0.1) is 12.7 Å². The van der Waals surface area contributed by atoms with Gasteiger partial charge in [0.1, 0.15) is 5.75 Å². The fourth-order valence-corrected chi connectivity index (χ4v) is 1.50. The van der Waals surface area contributed by atoms with Gasteiger partial charge in [0.2, 0.25) is 0 Å². The van der Waals surface area contributed by atoms with Crippen LogP contribution in [-0.4, -0.2) is 6.29 Å². The molecule has 2 rings (SSSR count). The van der Waals surface area contributed by atoms with Crippen molar-refractivity contribution in [1.82, 2.24) is 0 Å². The normalized spacial score (nSPS) is 10.0. The molecular weight excluding hydrogens is 219 g/mol. The van der Waals surface area contributed by atoms with Gasteiger partial charge in [-0.25, -0.2) is 4.39 Å². The molecule has 0 fully saturated rings. The highest BCUT2D eigenvalue weighted by atomic mass is 19.1. The molecule has 0 bridgehead atoms. The number of carbonyl (C=O) groups excluding carboxylic acids is 1. The SMILES string of the molecule is Cc1ccc(Oc2ccccc2F)c(C=O)c1. The highest BCUT2D eigenvalue weighted by molar-refractivity contribution is 5.79. The first-order valence-electron chi connectivity index (χ1n) is 5.19. The number of rotatable bonds is 3. The molecule has 3 heteroatoms. The Morgan fingerprint density at radius 3 is 2.59 bits per heavy atom. The summed E-state index contributed by atoms with van der Waals surface area (Å²) in [6, 6.07) is 11.2. The van der Waals surface area contributed by atoms with Crippen molar-refractivity contribution in [1.29, 1.82) is 0 Å². The van der Waals surface area contributed by atoms with Crippen LogP contribution in [0.3, 0.4) is 0 Å². The molecule has 0 unspecified atom stereocenters. The van der Waals surface area contributed by atoms with E-state index in [4.69, 9.17) is 4.74 Å². The van der Waals surface area contributed by atoms with Crippen molar-refractivity contribution in [2.24, 2.45) is 0 Å². The van der Waals surface area contributed by atoms with Gasteiger partial charge in [-0.05, 0) is 31.2 Å². The van der Waals surface area contributed by atoms with Crippen molar-refractivity contribution < 1.29 is 13.9 Å². The first kappa shape index (κ1) is 11.3. The van der Waals surface area contributed by atoms with Gasteiger partial charge >= 0.3 is 0 Å². The summed E-state index contributed by atoms with van der Waals surface area (Å²) >= 11 is 0. The number of ether oxygens (including phenoxy) is 1. The van der Waals surface area contributed by atoms with E-state index in [9.17, 15) is 9.18 Å². The fraction of sp³-hybridized carbons (Fsp3) is 0.0714. The van der Waals surface area contributed by atoms with Crippen LogP contribution in [-0.2, 0) is 0 Å². The average Bonchev–Trinajstić information content (AvgIpc) is 2.34. The number of para-hydroxylation sites is 1. The maximum atomic E-state index is 13.4. The summed E-state index contributed by atoms with van der Waals surface area (Å²) < 4.78 is 18.8. The van der Waals surface area contributed by atoms with E-state index in [2.05, 4.69) is 0 Å². The van der Waals surface area contributed by atoms with E-state index in [1.54, 1.807) is 24.3 Å². The van der Waals surface area contributed by atoms with Gasteiger partial charge < -0.3 is 4.74 Å². The fourth-order valence-electron chi connectivity index (χ4n) is 1.50. The molecular formula is C14H11FO2. The van der Waals surface area contributed by atoms with Crippen LogP contribution >= 0.6 is 0 Å². The van der Waals surface area contributed by atoms with Gasteiger partial charge in [-0.3, -0.25) is 4.79 Å². The minimum atomic E-state index is -0.454. The second-order valence-electron chi connectivity index (χ2n) is 3.69. The molecule has 2 aromatic rings. The van der Waals surface area contributed by atoms with Gasteiger partial charge in [0, 0.05) is 0 Å². The second-order valence-corrected chi connectivity index (χ2v) is 3.69. The minimum absolute atomic E-state index is 0.111. The Labute approximate surface area is 98.7 Å². The Kier molecular flexibility index (Phi) is 3.19. The molecule has 86 valence electrons. The lowest BCUT2D eigenvalue weighted by Gasteiger charge is -2.09. The predicted molar refractivity (Wildman–Crippen MR) is 63.0 cm³/mol. The van der Waals surface area contributed by atoms with Crippen LogP contribution in [0.2, 0.25) is 0 Å². The number of aryl methyl sites for hydroxylation is 1. The first-order chi connectivity index (χ1) is 8.20. The minimum Gasteiger partial charge on any atom is -0.454 e. The Balaban J connectivity index is 2.36. The number of halogens is 1. The Bertz CT molecular complexity index is 550. The highest BCUT2D eigenvalue weighted by Gasteiger charge is 2.07. The second kappa shape index (κ2) is 4.78. The molecule has 2 aromatic carbocycles. The smallest absolute Gasteiger partial charge is 0.165 e. The van der Waals surface area contributed by atoms with Gasteiger partial charge in [0.15, 0.2) is 17.9 Å². The Hall–Kier alpha value is -2.16. The van der Waals surface area contributed by atoms with E-state index < -0.39 is 5.82 Å². The Morgan fingerprint density at radius 2 is 1.88 bits per heavy atom. The summed E-state index contributed by atoms with van der Waals surface area (Å²) in [5.74, 6) is 0.0140. The predicted octanol–water partition coefficient (Wildman–Crippen LogP) is 3.74. The highest BCUT2D eigenvalue weighted by Crippen LogP contribution is 2.27. The van der Waals surface area contributed by atoms with Gasteiger partial charge in [0.05, 0.1) is 5.56 Å². The third-order valence-electron chi connectivity index (χ3n) is 2.35. The van der Waals surface area contributed by atoms with E-state index in [-0.39, 0.29) is 5.75 Å². The molecule has 17 heavy (non-hydrogen) atoms. The maximum Gasteiger partial charge on any atom is 0.165 e. The summed E-state index contributed by atoms with van der Waals surface area (Å²) in [7, 11) is 0. The lowest BCUT2D eigenvalue weighted by molar-refractivity contribution is 0.112. The van der Waals surface area contributed by atoms with Crippen molar-refractivity contribution >= 4 is 6.29 Å².